The van der Waals surface area contributed by atoms with Gasteiger partial charge in [-0.05, 0) is 45.6 Å². The summed E-state index contributed by atoms with van der Waals surface area (Å²) in [5.74, 6) is -0.0947. The van der Waals surface area contributed by atoms with Gasteiger partial charge in [0, 0.05) is 38.7 Å². The Kier molecular flexibility index (Phi) is 10.9. The Balaban J connectivity index is 1.47. The lowest BCUT2D eigenvalue weighted by Crippen LogP contribution is -2.50. The molecule has 8 heteroatoms. The Bertz CT molecular complexity index is 935. The lowest BCUT2D eigenvalue weighted by molar-refractivity contribution is -0.143. The number of esters is 1. The maximum absolute atomic E-state index is 12.3. The second-order valence-corrected chi connectivity index (χ2v) is 11.2. The lowest BCUT2D eigenvalue weighted by Gasteiger charge is -2.39. The quantitative estimate of drug-likeness (QED) is 0.183. The van der Waals surface area contributed by atoms with Gasteiger partial charge >= 0.3 is 5.97 Å². The third kappa shape index (κ3) is 9.47. The number of hydrogen-bond donors (Lipinski definition) is 1. The molecule has 8 nitrogen and oxygen atoms in total. The lowest BCUT2D eigenvalue weighted by atomic mass is 9.88. The average Bonchev–Trinajstić information content (AvgIpc) is 3.59. The van der Waals surface area contributed by atoms with Gasteiger partial charge in [0.15, 0.2) is 0 Å². The standard InChI is InChI=1S/C30H45NO7/c1-7-24(33)15-26-17-30(18-35-30)16-25(38-26)11-8-19(2)9-12-28-20(3)14-27(22(5)37-28)31-29(34)13-10-21(4)36-23(6)32/h8-11,13,20-22,25-28H,7,12,14-18H2,1-6H3,(H,31,34)/b11-8+,13-10-,19-9+/t20-,21-,22+,25+,26+,27+,28-,30+/m0/s1. The molecule has 3 aliphatic heterocycles. The summed E-state index contributed by atoms with van der Waals surface area (Å²) in [6.45, 7) is 11.9. The summed E-state index contributed by atoms with van der Waals surface area (Å²) >= 11 is 0. The molecule has 0 unspecified atom stereocenters. The summed E-state index contributed by atoms with van der Waals surface area (Å²) in [7, 11) is 0. The zero-order valence-corrected chi connectivity index (χ0v) is 23.7. The van der Waals surface area contributed by atoms with E-state index < -0.39 is 6.10 Å². The van der Waals surface area contributed by atoms with Crippen molar-refractivity contribution in [1.29, 1.82) is 0 Å². The van der Waals surface area contributed by atoms with Gasteiger partial charge in [-0.15, -0.1) is 0 Å². The number of nitrogens with one attached hydrogen (secondary N) is 1. The molecule has 1 amide bonds. The van der Waals surface area contributed by atoms with Gasteiger partial charge in [-0.1, -0.05) is 37.6 Å². The molecule has 38 heavy (non-hydrogen) atoms. The monoisotopic (exact) mass is 531 g/mol. The molecule has 0 aliphatic carbocycles. The van der Waals surface area contributed by atoms with Crippen molar-refractivity contribution in [1.82, 2.24) is 5.32 Å². The van der Waals surface area contributed by atoms with Crippen LogP contribution in [0.25, 0.3) is 0 Å². The fourth-order valence-electron chi connectivity index (χ4n) is 5.27. The van der Waals surface area contributed by atoms with E-state index in [1.165, 1.54) is 13.0 Å². The zero-order valence-electron chi connectivity index (χ0n) is 23.7. The molecule has 0 radical (unpaired) electrons. The van der Waals surface area contributed by atoms with Crippen molar-refractivity contribution in [2.75, 3.05) is 6.61 Å². The van der Waals surface area contributed by atoms with E-state index in [0.717, 1.165) is 37.9 Å². The number of carbonyl (C=O) groups excluding carboxylic acids is 3. The number of carbonyl (C=O) groups is 3. The second-order valence-electron chi connectivity index (χ2n) is 11.2. The smallest absolute Gasteiger partial charge is 0.303 e. The SMILES string of the molecule is CCC(=O)C[C@@H]1C[C@@]2(CO2)C[C@@H](/C=C/C(C)=C/C[C@@H]2O[C@H](C)[C@H](NC(=O)/C=C\[C@H](C)OC(C)=O)C[C@@H]2C)O1. The predicted molar refractivity (Wildman–Crippen MR) is 144 cm³/mol. The summed E-state index contributed by atoms with van der Waals surface area (Å²) in [6.07, 6.45) is 13.0. The first-order chi connectivity index (χ1) is 18.0. The fraction of sp³-hybridized carbons (Fsp3) is 0.700. The Morgan fingerprint density at radius 3 is 2.53 bits per heavy atom. The highest BCUT2D eigenvalue weighted by Gasteiger charge is 2.51. The number of hydrogen-bond acceptors (Lipinski definition) is 7. The highest BCUT2D eigenvalue weighted by Crippen LogP contribution is 2.43. The van der Waals surface area contributed by atoms with Crippen LogP contribution in [0.4, 0.5) is 0 Å². The van der Waals surface area contributed by atoms with Crippen molar-refractivity contribution in [3.63, 3.8) is 0 Å². The van der Waals surface area contributed by atoms with Gasteiger partial charge in [0.25, 0.3) is 0 Å². The van der Waals surface area contributed by atoms with Crippen molar-refractivity contribution in [2.24, 2.45) is 5.92 Å². The molecule has 212 valence electrons. The molecule has 0 aromatic carbocycles. The Morgan fingerprint density at radius 2 is 1.87 bits per heavy atom. The molecule has 0 saturated carbocycles. The van der Waals surface area contributed by atoms with E-state index in [4.69, 9.17) is 18.9 Å². The van der Waals surface area contributed by atoms with Crippen LogP contribution in [0.5, 0.6) is 0 Å². The summed E-state index contributed by atoms with van der Waals surface area (Å²) < 4.78 is 23.2. The maximum Gasteiger partial charge on any atom is 0.303 e. The minimum atomic E-state index is -0.454. The largest absolute Gasteiger partial charge is 0.459 e. The minimum absolute atomic E-state index is 0.0513. The van der Waals surface area contributed by atoms with Crippen molar-refractivity contribution >= 4 is 17.7 Å². The van der Waals surface area contributed by atoms with Crippen LogP contribution in [0, 0.1) is 5.92 Å². The van der Waals surface area contributed by atoms with Crippen molar-refractivity contribution < 1.29 is 33.3 Å². The van der Waals surface area contributed by atoms with Crippen LogP contribution in [0.15, 0.2) is 36.0 Å². The number of amides is 1. The number of ether oxygens (including phenoxy) is 4. The van der Waals surface area contributed by atoms with Crippen LogP contribution in [-0.4, -0.2) is 66.4 Å². The van der Waals surface area contributed by atoms with Gasteiger partial charge in [0.05, 0.1) is 42.7 Å². The maximum atomic E-state index is 12.3. The molecule has 3 fully saturated rings. The third-order valence-corrected chi connectivity index (χ3v) is 7.60. The molecule has 8 atom stereocenters. The summed E-state index contributed by atoms with van der Waals surface area (Å²) in [6, 6.07) is -0.0830. The molecule has 3 saturated heterocycles. The first kappa shape index (κ1) is 30.3. The van der Waals surface area contributed by atoms with E-state index in [0.29, 0.717) is 12.8 Å². The van der Waals surface area contributed by atoms with Gasteiger partial charge in [-0.2, -0.15) is 0 Å². The number of ketones is 1. The predicted octanol–water partition coefficient (Wildman–Crippen LogP) is 4.37. The van der Waals surface area contributed by atoms with Crippen molar-refractivity contribution in [2.45, 2.75) is 122 Å². The second kappa shape index (κ2) is 13.7. The van der Waals surface area contributed by atoms with Crippen molar-refractivity contribution in [3.05, 3.63) is 36.0 Å². The molecule has 3 heterocycles. The molecular formula is C30H45NO7. The van der Waals surface area contributed by atoms with E-state index in [1.807, 2.05) is 13.8 Å². The first-order valence-corrected chi connectivity index (χ1v) is 14.0. The normalized spacial score (nSPS) is 34.4. The van der Waals surface area contributed by atoms with Gasteiger partial charge in [-0.3, -0.25) is 14.4 Å². The minimum Gasteiger partial charge on any atom is -0.459 e. The summed E-state index contributed by atoms with van der Waals surface area (Å²) in [5.41, 5.74) is 1.03. The molecule has 0 bridgehead atoms. The number of rotatable bonds is 11. The van der Waals surface area contributed by atoms with Crippen LogP contribution in [0.2, 0.25) is 0 Å². The molecule has 1 spiro atoms. The Labute approximate surface area is 227 Å². The van der Waals surface area contributed by atoms with Crippen LogP contribution in [0.1, 0.15) is 80.1 Å². The molecule has 3 rings (SSSR count). The van der Waals surface area contributed by atoms with E-state index in [9.17, 15) is 14.4 Å². The van der Waals surface area contributed by atoms with E-state index in [1.54, 1.807) is 13.0 Å². The third-order valence-electron chi connectivity index (χ3n) is 7.60. The molecule has 0 aromatic heterocycles. The zero-order chi connectivity index (χ0) is 27.9. The van der Waals surface area contributed by atoms with Gasteiger partial charge in [-0.25, -0.2) is 0 Å². The van der Waals surface area contributed by atoms with Gasteiger partial charge < -0.3 is 24.3 Å². The van der Waals surface area contributed by atoms with Crippen LogP contribution >= 0.6 is 0 Å². The van der Waals surface area contributed by atoms with Gasteiger partial charge in [0.2, 0.25) is 5.91 Å². The summed E-state index contributed by atoms with van der Waals surface area (Å²) in [4.78, 5) is 35.3. The van der Waals surface area contributed by atoms with Crippen molar-refractivity contribution in [3.8, 4) is 0 Å². The van der Waals surface area contributed by atoms with E-state index >= 15 is 0 Å². The highest BCUT2D eigenvalue weighted by atomic mass is 16.6. The highest BCUT2D eigenvalue weighted by molar-refractivity contribution is 5.87. The topological polar surface area (TPSA) is 103 Å². The molecule has 0 aromatic rings. The van der Waals surface area contributed by atoms with Crippen LogP contribution < -0.4 is 5.32 Å². The van der Waals surface area contributed by atoms with E-state index in [-0.39, 0.29) is 59.6 Å². The summed E-state index contributed by atoms with van der Waals surface area (Å²) in [5, 5.41) is 3.02. The molecule has 1 N–H and O–H groups in total. The first-order valence-electron chi connectivity index (χ1n) is 14.0. The fourth-order valence-corrected chi connectivity index (χ4v) is 5.27. The van der Waals surface area contributed by atoms with Gasteiger partial charge in [0.1, 0.15) is 11.9 Å². The molecule has 3 aliphatic rings. The van der Waals surface area contributed by atoms with Crippen LogP contribution in [-0.2, 0) is 33.3 Å². The number of Topliss-reactive ketones (excluding diaryl/α,β-unsaturated/α-hetero) is 1. The molecular weight excluding hydrogens is 486 g/mol. The number of allylic oxidation sites excluding steroid dienone is 2. The van der Waals surface area contributed by atoms with E-state index in [2.05, 4.69) is 37.4 Å². The van der Waals surface area contributed by atoms with Crippen LogP contribution in [0.3, 0.4) is 0 Å². The number of epoxide rings is 1. The Morgan fingerprint density at radius 1 is 1.13 bits per heavy atom. The Hall–Kier alpha value is -2.29. The average molecular weight is 532 g/mol.